The molecule has 2 aliphatic rings. The number of rotatable bonds is 2. The fourth-order valence-corrected chi connectivity index (χ4v) is 3.86. The lowest BCUT2D eigenvalue weighted by Crippen LogP contribution is -2.39. The number of fused-ring (bicyclic) bond motifs is 1. The van der Waals surface area contributed by atoms with Gasteiger partial charge in [-0.15, -0.1) is 0 Å². The maximum absolute atomic E-state index is 13.1. The van der Waals surface area contributed by atoms with E-state index in [9.17, 15) is 14.4 Å². The zero-order chi connectivity index (χ0) is 18.3. The summed E-state index contributed by atoms with van der Waals surface area (Å²) in [6.45, 7) is 0.633. The molecule has 0 saturated carbocycles. The Hall–Kier alpha value is -2.90. The van der Waals surface area contributed by atoms with Gasteiger partial charge in [-0.1, -0.05) is 0 Å². The second-order valence-electron chi connectivity index (χ2n) is 6.87. The molecular formula is C18H21N5O3. The minimum absolute atomic E-state index is 0.0686. The molecule has 0 unspecified atom stereocenters. The van der Waals surface area contributed by atoms with Crippen molar-refractivity contribution in [1.29, 1.82) is 0 Å². The Balaban J connectivity index is 1.64. The normalized spacial score (nSPS) is 20.2. The predicted octanol–water partition coefficient (Wildman–Crippen LogP) is 1.37. The summed E-state index contributed by atoms with van der Waals surface area (Å²) in [6, 6.07) is 5.28. The number of nitrogens with zero attached hydrogens (tertiary/aromatic N) is 3. The molecule has 0 aliphatic carbocycles. The summed E-state index contributed by atoms with van der Waals surface area (Å²) in [7, 11) is 1.76. The van der Waals surface area contributed by atoms with Crippen LogP contribution in [0.1, 0.15) is 53.5 Å². The van der Waals surface area contributed by atoms with Crippen LogP contribution in [0.3, 0.4) is 0 Å². The Morgan fingerprint density at radius 3 is 2.85 bits per heavy atom. The smallest absolute Gasteiger partial charge is 0.328 e. The molecule has 4 rings (SSSR count). The Bertz CT molecular complexity index is 916. The zero-order valence-corrected chi connectivity index (χ0v) is 14.6. The van der Waals surface area contributed by atoms with Gasteiger partial charge in [-0.2, -0.15) is 5.10 Å². The van der Waals surface area contributed by atoms with Crippen LogP contribution in [-0.2, 0) is 11.2 Å². The lowest BCUT2D eigenvalue weighted by atomic mass is 9.96. The standard InChI is InChI=1S/C18H21N5O3/c1-22-13-7-5-12(10-11(13)6-8-15(22)24)17(25)23-9-3-2-4-14(23)16-19-18(26)21-20-16/h5,7,10,14H,2-4,6,8-9H2,1H3,(H2,19,20,21,26)/t14-/m0/s1. The molecule has 1 aromatic carbocycles. The van der Waals surface area contributed by atoms with E-state index in [1.165, 1.54) is 0 Å². The maximum atomic E-state index is 13.1. The molecule has 3 heterocycles. The number of nitrogens with one attached hydrogen (secondary N) is 2. The number of likely N-dealkylation sites (tertiary alicyclic amines) is 1. The first-order valence-corrected chi connectivity index (χ1v) is 8.89. The fourth-order valence-electron chi connectivity index (χ4n) is 3.86. The molecule has 2 N–H and O–H groups in total. The monoisotopic (exact) mass is 355 g/mol. The summed E-state index contributed by atoms with van der Waals surface area (Å²) >= 11 is 0. The van der Waals surface area contributed by atoms with Crippen molar-refractivity contribution in [2.45, 2.75) is 38.1 Å². The predicted molar refractivity (Wildman–Crippen MR) is 95.0 cm³/mol. The van der Waals surface area contributed by atoms with Gasteiger partial charge in [0.2, 0.25) is 5.91 Å². The Morgan fingerprint density at radius 1 is 1.23 bits per heavy atom. The average molecular weight is 355 g/mol. The van der Waals surface area contributed by atoms with Crippen molar-refractivity contribution >= 4 is 17.5 Å². The summed E-state index contributed by atoms with van der Waals surface area (Å²) in [5.41, 5.74) is 2.13. The SMILES string of the molecule is CN1C(=O)CCc2cc(C(=O)N3CCCC[C@H]3c3n[nH]c(=O)[nH]3)ccc21. The minimum Gasteiger partial charge on any atom is -0.328 e. The number of carbonyl (C=O) groups is 2. The third kappa shape index (κ3) is 2.81. The van der Waals surface area contributed by atoms with Gasteiger partial charge in [0, 0.05) is 31.3 Å². The second-order valence-corrected chi connectivity index (χ2v) is 6.87. The molecular weight excluding hydrogens is 334 g/mol. The summed E-state index contributed by atoms with van der Waals surface area (Å²) in [5, 5.41) is 6.40. The van der Waals surface area contributed by atoms with E-state index in [0.717, 1.165) is 30.5 Å². The van der Waals surface area contributed by atoms with Crippen LogP contribution in [-0.4, -0.2) is 45.5 Å². The lowest BCUT2D eigenvalue weighted by molar-refractivity contribution is -0.118. The second kappa shape index (κ2) is 6.44. The first-order valence-electron chi connectivity index (χ1n) is 8.89. The fraction of sp³-hybridized carbons (Fsp3) is 0.444. The molecule has 1 fully saturated rings. The average Bonchev–Trinajstić information content (AvgIpc) is 3.10. The van der Waals surface area contributed by atoms with Crippen LogP contribution in [0.5, 0.6) is 0 Å². The Morgan fingerprint density at radius 2 is 2.08 bits per heavy atom. The third-order valence-corrected chi connectivity index (χ3v) is 5.27. The van der Waals surface area contributed by atoms with Crippen LogP contribution in [0.25, 0.3) is 0 Å². The number of hydrogen-bond acceptors (Lipinski definition) is 4. The maximum Gasteiger partial charge on any atom is 0.340 e. The van der Waals surface area contributed by atoms with Crippen molar-refractivity contribution in [3.63, 3.8) is 0 Å². The van der Waals surface area contributed by atoms with Crippen molar-refractivity contribution in [2.75, 3.05) is 18.5 Å². The largest absolute Gasteiger partial charge is 0.340 e. The van der Waals surface area contributed by atoms with Gasteiger partial charge < -0.3 is 9.80 Å². The van der Waals surface area contributed by atoms with E-state index in [1.54, 1.807) is 22.9 Å². The number of H-pyrrole nitrogens is 2. The first-order chi connectivity index (χ1) is 12.5. The molecule has 0 spiro atoms. The van der Waals surface area contributed by atoms with E-state index in [0.29, 0.717) is 30.8 Å². The number of carbonyl (C=O) groups excluding carboxylic acids is 2. The van der Waals surface area contributed by atoms with E-state index < -0.39 is 0 Å². The van der Waals surface area contributed by atoms with Gasteiger partial charge in [0.15, 0.2) is 5.82 Å². The van der Waals surface area contributed by atoms with Crippen molar-refractivity contribution in [3.8, 4) is 0 Å². The van der Waals surface area contributed by atoms with Crippen LogP contribution >= 0.6 is 0 Å². The number of benzene rings is 1. The Kier molecular flexibility index (Phi) is 4.10. The number of aryl methyl sites for hydroxylation is 1. The highest BCUT2D eigenvalue weighted by Crippen LogP contribution is 2.32. The van der Waals surface area contributed by atoms with Gasteiger partial charge >= 0.3 is 5.69 Å². The number of aromatic nitrogens is 3. The molecule has 1 saturated heterocycles. The van der Waals surface area contributed by atoms with Crippen LogP contribution in [0.4, 0.5) is 5.69 Å². The number of anilines is 1. The zero-order valence-electron chi connectivity index (χ0n) is 14.6. The van der Waals surface area contributed by atoms with Gasteiger partial charge in [0.1, 0.15) is 0 Å². The number of hydrogen-bond donors (Lipinski definition) is 2. The molecule has 2 aliphatic heterocycles. The highest BCUT2D eigenvalue weighted by atomic mass is 16.2. The topological polar surface area (TPSA) is 102 Å². The van der Waals surface area contributed by atoms with E-state index in [-0.39, 0.29) is 23.5 Å². The molecule has 0 radical (unpaired) electrons. The van der Waals surface area contributed by atoms with Gasteiger partial charge in [-0.25, -0.2) is 9.89 Å². The van der Waals surface area contributed by atoms with Gasteiger partial charge in [0.05, 0.1) is 6.04 Å². The molecule has 8 heteroatoms. The molecule has 1 aromatic heterocycles. The van der Waals surface area contributed by atoms with Gasteiger partial charge in [-0.05, 0) is 49.4 Å². The molecule has 8 nitrogen and oxygen atoms in total. The Labute approximate surface area is 150 Å². The number of piperidine rings is 1. The summed E-state index contributed by atoms with van der Waals surface area (Å²) in [6.07, 6.45) is 3.80. The third-order valence-electron chi connectivity index (χ3n) is 5.27. The van der Waals surface area contributed by atoms with E-state index in [1.807, 2.05) is 12.1 Å². The molecule has 0 bridgehead atoms. The van der Waals surface area contributed by atoms with E-state index >= 15 is 0 Å². The highest BCUT2D eigenvalue weighted by Gasteiger charge is 2.31. The van der Waals surface area contributed by atoms with Crippen LogP contribution in [0, 0.1) is 0 Å². The molecule has 1 atom stereocenters. The van der Waals surface area contributed by atoms with Crippen LogP contribution in [0.15, 0.2) is 23.0 Å². The minimum atomic E-state index is -0.362. The van der Waals surface area contributed by atoms with E-state index in [2.05, 4.69) is 15.2 Å². The van der Waals surface area contributed by atoms with Crippen molar-refractivity contribution < 1.29 is 9.59 Å². The molecule has 26 heavy (non-hydrogen) atoms. The number of amides is 2. The van der Waals surface area contributed by atoms with E-state index in [4.69, 9.17) is 0 Å². The van der Waals surface area contributed by atoms with Crippen molar-refractivity contribution in [3.05, 3.63) is 45.6 Å². The summed E-state index contributed by atoms with van der Waals surface area (Å²) in [4.78, 5) is 42.5. The van der Waals surface area contributed by atoms with Gasteiger partial charge in [-0.3, -0.25) is 14.6 Å². The number of aromatic amines is 2. The van der Waals surface area contributed by atoms with Crippen molar-refractivity contribution in [1.82, 2.24) is 20.1 Å². The summed E-state index contributed by atoms with van der Waals surface area (Å²) in [5.74, 6) is 0.530. The summed E-state index contributed by atoms with van der Waals surface area (Å²) < 4.78 is 0. The quantitative estimate of drug-likeness (QED) is 0.849. The molecule has 2 aromatic rings. The van der Waals surface area contributed by atoms with Crippen molar-refractivity contribution in [2.24, 2.45) is 0 Å². The van der Waals surface area contributed by atoms with Crippen LogP contribution < -0.4 is 10.6 Å². The highest BCUT2D eigenvalue weighted by molar-refractivity contribution is 5.99. The molecule has 2 amide bonds. The first kappa shape index (κ1) is 16.6. The van der Waals surface area contributed by atoms with Crippen LogP contribution in [0.2, 0.25) is 0 Å². The lowest BCUT2D eigenvalue weighted by Gasteiger charge is -2.34. The molecule has 136 valence electrons. The van der Waals surface area contributed by atoms with Gasteiger partial charge in [0.25, 0.3) is 5.91 Å².